The zero-order chi connectivity index (χ0) is 27.5. The molecule has 9 heteroatoms. The lowest BCUT2D eigenvalue weighted by atomic mass is 10.1. The molecule has 1 fully saturated rings. The van der Waals surface area contributed by atoms with E-state index in [4.69, 9.17) is 14.2 Å². The van der Waals surface area contributed by atoms with Crippen LogP contribution in [0.15, 0.2) is 53.5 Å². The third kappa shape index (κ3) is 5.72. The second-order valence-corrected chi connectivity index (χ2v) is 9.91. The lowest BCUT2D eigenvalue weighted by molar-refractivity contribution is -0.385. The van der Waals surface area contributed by atoms with Crippen molar-refractivity contribution in [1.29, 1.82) is 0 Å². The highest BCUT2D eigenvalue weighted by Gasteiger charge is 2.32. The molecule has 3 aromatic rings. The van der Waals surface area contributed by atoms with E-state index in [0.29, 0.717) is 48.1 Å². The maximum atomic E-state index is 13.0. The van der Waals surface area contributed by atoms with Crippen molar-refractivity contribution in [3.8, 4) is 23.0 Å². The van der Waals surface area contributed by atoms with E-state index in [1.165, 1.54) is 6.07 Å². The van der Waals surface area contributed by atoms with E-state index < -0.39 is 4.92 Å². The molecule has 0 saturated carbocycles. The average Bonchev–Trinajstić information content (AvgIpc) is 3.35. The highest BCUT2D eigenvalue weighted by atomic mass is 16.6. The molecule has 2 aliphatic rings. The fourth-order valence-corrected chi connectivity index (χ4v) is 4.78. The number of fused-ring (bicyclic) bond motifs is 2. The molecule has 39 heavy (non-hydrogen) atoms. The van der Waals surface area contributed by atoms with Crippen molar-refractivity contribution in [2.45, 2.75) is 46.1 Å². The normalized spacial score (nSPS) is 15.9. The van der Waals surface area contributed by atoms with Crippen LogP contribution >= 0.6 is 0 Å². The van der Waals surface area contributed by atoms with Gasteiger partial charge in [-0.25, -0.2) is 0 Å². The Kier molecular flexibility index (Phi) is 7.49. The molecule has 1 saturated heterocycles. The van der Waals surface area contributed by atoms with E-state index in [-0.39, 0.29) is 23.4 Å². The van der Waals surface area contributed by atoms with Gasteiger partial charge in [-0.1, -0.05) is 6.07 Å². The van der Waals surface area contributed by atoms with E-state index in [9.17, 15) is 14.9 Å². The summed E-state index contributed by atoms with van der Waals surface area (Å²) in [7, 11) is 0. The second kappa shape index (κ2) is 11.1. The highest BCUT2D eigenvalue weighted by molar-refractivity contribution is 6.03. The van der Waals surface area contributed by atoms with Crippen LogP contribution < -0.4 is 14.2 Å². The van der Waals surface area contributed by atoms with Gasteiger partial charge in [0.15, 0.2) is 0 Å². The molecule has 5 rings (SSSR count). The predicted octanol–water partition coefficient (Wildman–Crippen LogP) is 6.48. The van der Waals surface area contributed by atoms with Crippen LogP contribution in [0.1, 0.15) is 46.3 Å². The van der Waals surface area contributed by atoms with Gasteiger partial charge in [0.2, 0.25) is 5.75 Å². The van der Waals surface area contributed by atoms with Crippen molar-refractivity contribution < 1.29 is 23.9 Å². The number of carbonyl (C=O) groups excluding carboxylic acids is 1. The SMILES string of the molecule is Cc1ccc(Oc2ccc(OCCCOc3cc4c(cc3C)C(=O)N3CCC[C@H]3C=N4)cc2[N+](=O)[O-])cc1C. The molecule has 0 unspecified atom stereocenters. The highest BCUT2D eigenvalue weighted by Crippen LogP contribution is 2.36. The van der Waals surface area contributed by atoms with Gasteiger partial charge in [-0.05, 0) is 80.6 Å². The first kappa shape index (κ1) is 26.2. The van der Waals surface area contributed by atoms with Crippen LogP contribution in [-0.4, -0.2) is 47.7 Å². The van der Waals surface area contributed by atoms with Crippen LogP contribution in [0.4, 0.5) is 11.4 Å². The van der Waals surface area contributed by atoms with E-state index in [1.54, 1.807) is 18.2 Å². The van der Waals surface area contributed by atoms with E-state index in [1.807, 2.05) is 56.2 Å². The van der Waals surface area contributed by atoms with Crippen LogP contribution in [-0.2, 0) is 0 Å². The first-order valence-electron chi connectivity index (χ1n) is 13.1. The minimum atomic E-state index is -0.481. The minimum Gasteiger partial charge on any atom is -0.493 e. The molecule has 0 radical (unpaired) electrons. The first-order valence-corrected chi connectivity index (χ1v) is 13.1. The molecule has 1 amide bonds. The van der Waals surface area contributed by atoms with Gasteiger partial charge in [0, 0.05) is 25.2 Å². The first-order chi connectivity index (χ1) is 18.8. The minimum absolute atomic E-state index is 0.0209. The molecule has 0 bridgehead atoms. The van der Waals surface area contributed by atoms with Crippen molar-refractivity contribution >= 4 is 23.5 Å². The Hall–Kier alpha value is -4.40. The predicted molar refractivity (Wildman–Crippen MR) is 148 cm³/mol. The van der Waals surface area contributed by atoms with Gasteiger partial charge in [-0.15, -0.1) is 0 Å². The van der Waals surface area contributed by atoms with Gasteiger partial charge in [-0.2, -0.15) is 0 Å². The molecular weight excluding hydrogens is 498 g/mol. The fraction of sp³-hybridized carbons (Fsp3) is 0.333. The molecule has 0 N–H and O–H groups in total. The van der Waals surface area contributed by atoms with Gasteiger partial charge in [0.05, 0.1) is 41.5 Å². The Morgan fingerprint density at radius 3 is 2.54 bits per heavy atom. The van der Waals surface area contributed by atoms with Crippen LogP contribution in [0.3, 0.4) is 0 Å². The summed E-state index contributed by atoms with van der Waals surface area (Å²) in [5.74, 6) is 1.76. The molecule has 9 nitrogen and oxygen atoms in total. The summed E-state index contributed by atoms with van der Waals surface area (Å²) in [5, 5.41) is 11.7. The monoisotopic (exact) mass is 529 g/mol. The molecule has 1 atom stereocenters. The van der Waals surface area contributed by atoms with E-state index >= 15 is 0 Å². The maximum Gasteiger partial charge on any atom is 0.315 e. The molecule has 2 heterocycles. The Labute approximate surface area is 227 Å². The number of hydrogen-bond acceptors (Lipinski definition) is 7. The largest absolute Gasteiger partial charge is 0.493 e. The van der Waals surface area contributed by atoms with Gasteiger partial charge < -0.3 is 19.1 Å². The van der Waals surface area contributed by atoms with E-state index in [2.05, 4.69) is 4.99 Å². The number of amides is 1. The maximum absolute atomic E-state index is 13.0. The summed E-state index contributed by atoms with van der Waals surface area (Å²) in [5.41, 5.74) is 4.09. The third-order valence-electron chi connectivity index (χ3n) is 7.12. The third-order valence-corrected chi connectivity index (χ3v) is 7.12. The van der Waals surface area contributed by atoms with Crippen LogP contribution in [0.25, 0.3) is 0 Å². The Bertz CT molecular complexity index is 1450. The molecule has 202 valence electrons. The van der Waals surface area contributed by atoms with Gasteiger partial charge in [0.1, 0.15) is 17.2 Å². The fourth-order valence-electron chi connectivity index (χ4n) is 4.78. The number of ether oxygens (including phenoxy) is 3. The van der Waals surface area contributed by atoms with Crippen molar-refractivity contribution in [3.63, 3.8) is 0 Å². The number of nitrogens with zero attached hydrogens (tertiary/aromatic N) is 3. The molecule has 3 aromatic carbocycles. The molecule has 0 spiro atoms. The molecule has 2 aliphatic heterocycles. The topological polar surface area (TPSA) is 104 Å². The quantitative estimate of drug-likeness (QED) is 0.179. The van der Waals surface area contributed by atoms with Crippen LogP contribution in [0.5, 0.6) is 23.0 Å². The van der Waals surface area contributed by atoms with Crippen LogP contribution in [0, 0.1) is 30.9 Å². The summed E-state index contributed by atoms with van der Waals surface area (Å²) in [6.07, 6.45) is 4.36. The summed E-state index contributed by atoms with van der Waals surface area (Å²) in [6.45, 7) is 7.32. The Balaban J connectivity index is 1.17. The van der Waals surface area contributed by atoms with E-state index in [0.717, 1.165) is 36.1 Å². The van der Waals surface area contributed by atoms with Crippen molar-refractivity contribution in [3.05, 3.63) is 80.9 Å². The lowest BCUT2D eigenvalue weighted by Gasteiger charge is -2.20. The standard InChI is InChI=1S/C30H31N3O6/c1-19-7-8-24(14-20(19)2)39-28-10-9-23(16-27(28)33(35)36)37-12-5-13-38-29-17-26-25(15-21(29)3)30(34)32-11-4-6-22(32)18-31-26/h7-10,14-18,22H,4-6,11-13H2,1-3H3/t22-/m0/s1. The Morgan fingerprint density at radius 1 is 0.949 bits per heavy atom. The number of aliphatic imine (C=N–C) groups is 1. The summed E-state index contributed by atoms with van der Waals surface area (Å²) in [6, 6.07) is 13.9. The number of carbonyl (C=O) groups is 1. The number of aryl methyl sites for hydroxylation is 3. The van der Waals surface area contributed by atoms with Gasteiger partial charge in [0.25, 0.3) is 5.91 Å². The number of nitro benzene ring substituents is 1. The summed E-state index contributed by atoms with van der Waals surface area (Å²) < 4.78 is 17.5. The smallest absolute Gasteiger partial charge is 0.315 e. The molecule has 0 aliphatic carbocycles. The van der Waals surface area contributed by atoms with Crippen molar-refractivity contribution in [2.24, 2.45) is 4.99 Å². The Morgan fingerprint density at radius 2 is 1.74 bits per heavy atom. The van der Waals surface area contributed by atoms with Gasteiger partial charge >= 0.3 is 5.69 Å². The number of nitro groups is 1. The van der Waals surface area contributed by atoms with Crippen LogP contribution in [0.2, 0.25) is 0 Å². The average molecular weight is 530 g/mol. The number of rotatable bonds is 9. The summed E-state index contributed by atoms with van der Waals surface area (Å²) >= 11 is 0. The van der Waals surface area contributed by atoms with Crippen molar-refractivity contribution in [1.82, 2.24) is 4.90 Å². The van der Waals surface area contributed by atoms with Gasteiger partial charge in [-0.3, -0.25) is 19.9 Å². The number of hydrogen-bond donors (Lipinski definition) is 0. The zero-order valence-corrected chi connectivity index (χ0v) is 22.3. The molecular formula is C30H31N3O6. The lowest BCUT2D eigenvalue weighted by Crippen LogP contribution is -2.35. The number of benzene rings is 3. The molecule has 0 aromatic heterocycles. The zero-order valence-electron chi connectivity index (χ0n) is 22.3. The summed E-state index contributed by atoms with van der Waals surface area (Å²) in [4.78, 5) is 30.6. The second-order valence-electron chi connectivity index (χ2n) is 9.91. The van der Waals surface area contributed by atoms with Crippen molar-refractivity contribution in [2.75, 3.05) is 19.8 Å².